The quantitative estimate of drug-likeness (QED) is 0.254. The van der Waals surface area contributed by atoms with Gasteiger partial charge in [0.1, 0.15) is 11.6 Å². The van der Waals surface area contributed by atoms with Gasteiger partial charge in [0.2, 0.25) is 0 Å². The largest absolute Gasteiger partial charge is 0.493 e. The van der Waals surface area contributed by atoms with Gasteiger partial charge in [-0.05, 0) is 58.3 Å². The number of rotatable bonds is 11. The number of benzene rings is 2. The van der Waals surface area contributed by atoms with Crippen molar-refractivity contribution in [2.45, 2.75) is 39.5 Å². The summed E-state index contributed by atoms with van der Waals surface area (Å²) < 4.78 is 31.7. The monoisotopic (exact) mass is 546 g/mol. The summed E-state index contributed by atoms with van der Waals surface area (Å²) in [5.74, 6) is 2.24. The average molecular weight is 547 g/mol. The van der Waals surface area contributed by atoms with Gasteiger partial charge in [-0.3, -0.25) is 9.69 Å². The Morgan fingerprint density at radius 1 is 1.05 bits per heavy atom. The molecule has 0 aliphatic rings. The number of nitrogens with one attached hydrogen (secondary N) is 1. The molecular weight excluding hydrogens is 515 g/mol. The van der Waals surface area contributed by atoms with E-state index < -0.39 is 0 Å². The summed E-state index contributed by atoms with van der Waals surface area (Å²) in [5, 5.41) is 13.4. The van der Waals surface area contributed by atoms with Crippen LogP contribution in [0.2, 0.25) is 0 Å². The Hall–Kier alpha value is -4.51. The van der Waals surface area contributed by atoms with Crippen molar-refractivity contribution < 1.29 is 18.3 Å². The lowest BCUT2D eigenvalue weighted by molar-refractivity contribution is 0.116. The third-order valence-electron chi connectivity index (χ3n) is 6.83. The first-order valence-corrected chi connectivity index (χ1v) is 12.9. The Balaban J connectivity index is 1.54. The molecule has 0 saturated carbocycles. The molecule has 0 radical (unpaired) electrons. The number of hydrogen-bond donors (Lipinski definition) is 1. The van der Waals surface area contributed by atoms with Crippen LogP contribution in [0.25, 0.3) is 10.9 Å². The highest BCUT2D eigenvalue weighted by atomic mass is 19.1. The van der Waals surface area contributed by atoms with E-state index in [1.54, 1.807) is 43.4 Å². The van der Waals surface area contributed by atoms with Crippen LogP contribution in [0, 0.1) is 11.7 Å². The van der Waals surface area contributed by atoms with E-state index in [4.69, 9.17) is 13.9 Å². The van der Waals surface area contributed by atoms with Crippen LogP contribution in [0.15, 0.2) is 70.1 Å². The number of aromatic amines is 1. The maximum atomic E-state index is 13.5. The normalized spacial score (nSPS) is 12.4. The van der Waals surface area contributed by atoms with Crippen LogP contribution >= 0.6 is 0 Å². The van der Waals surface area contributed by atoms with Crippen LogP contribution in [0.1, 0.15) is 42.6 Å². The minimum absolute atomic E-state index is 0.0665. The van der Waals surface area contributed by atoms with Gasteiger partial charge in [-0.15, -0.1) is 5.10 Å². The number of hydrogen-bond acceptors (Lipinski definition) is 8. The second kappa shape index (κ2) is 11.7. The summed E-state index contributed by atoms with van der Waals surface area (Å²) >= 11 is 0. The lowest BCUT2D eigenvalue weighted by Crippen LogP contribution is -2.35. The molecule has 5 rings (SSSR count). The second-order valence-corrected chi connectivity index (χ2v) is 9.91. The third-order valence-corrected chi connectivity index (χ3v) is 6.83. The molecule has 0 aliphatic heterocycles. The maximum Gasteiger partial charge on any atom is 0.252 e. The van der Waals surface area contributed by atoms with E-state index in [9.17, 15) is 9.18 Å². The van der Waals surface area contributed by atoms with Crippen molar-refractivity contribution in [2.24, 2.45) is 5.92 Å². The molecule has 1 atom stereocenters. The standard InChI is InChI=1S/C29H31FN6O4/c1-18(2)27(28-32-33-34-36(28)15-19-7-9-22(30)10-8-19)35(17-23-6-5-11-40-23)16-21-12-20-13-25(38-3)26(39-4)14-24(20)31-29(21)37/h5-14,18,27H,15-17H2,1-4H3,(H,31,37)/t27-/m0/s1. The minimum Gasteiger partial charge on any atom is -0.493 e. The van der Waals surface area contributed by atoms with Crippen LogP contribution in [0.4, 0.5) is 4.39 Å². The van der Waals surface area contributed by atoms with E-state index in [0.717, 1.165) is 16.7 Å². The van der Waals surface area contributed by atoms with E-state index in [1.807, 2.05) is 24.3 Å². The Bertz CT molecular complexity index is 1630. The third kappa shape index (κ3) is 5.74. The number of furan rings is 1. The fraction of sp³-hybridized carbons (Fsp3) is 0.310. The first-order chi connectivity index (χ1) is 19.4. The van der Waals surface area contributed by atoms with Crippen LogP contribution in [0.5, 0.6) is 11.5 Å². The Morgan fingerprint density at radius 2 is 1.80 bits per heavy atom. The molecule has 2 aromatic carbocycles. The molecule has 0 aliphatic carbocycles. The van der Waals surface area contributed by atoms with Gasteiger partial charge in [0.05, 0.1) is 45.1 Å². The minimum atomic E-state index is -0.304. The number of halogens is 1. The smallest absolute Gasteiger partial charge is 0.252 e. The Labute approximate surface area is 230 Å². The number of H-pyrrole nitrogens is 1. The molecule has 3 heterocycles. The van der Waals surface area contributed by atoms with Gasteiger partial charge >= 0.3 is 0 Å². The van der Waals surface area contributed by atoms with E-state index in [2.05, 4.69) is 39.3 Å². The number of nitrogens with zero attached hydrogens (tertiary/aromatic N) is 5. The number of fused-ring (bicyclic) bond motifs is 1. The highest BCUT2D eigenvalue weighted by Crippen LogP contribution is 2.33. The SMILES string of the molecule is COc1cc2cc(CN(Cc3ccco3)[C@H](c3nnnn3Cc3ccc(F)cc3)C(C)C)c(=O)[nH]c2cc1OC. The van der Waals surface area contributed by atoms with Crippen LogP contribution in [-0.2, 0) is 19.6 Å². The van der Waals surface area contributed by atoms with Crippen molar-refractivity contribution in [1.82, 2.24) is 30.1 Å². The van der Waals surface area contributed by atoms with E-state index in [0.29, 0.717) is 48.0 Å². The zero-order valence-electron chi connectivity index (χ0n) is 22.8. The number of methoxy groups -OCH3 is 2. The van der Waals surface area contributed by atoms with E-state index in [1.165, 1.54) is 12.1 Å². The number of tetrazole rings is 1. The molecule has 0 bridgehead atoms. The van der Waals surface area contributed by atoms with Crippen LogP contribution in [-0.4, -0.2) is 44.3 Å². The highest BCUT2D eigenvalue weighted by molar-refractivity contribution is 5.83. The van der Waals surface area contributed by atoms with Crippen molar-refractivity contribution in [3.05, 3.63) is 99.7 Å². The molecule has 1 N–H and O–H groups in total. The van der Waals surface area contributed by atoms with Crippen molar-refractivity contribution in [3.8, 4) is 11.5 Å². The zero-order chi connectivity index (χ0) is 28.2. The predicted octanol–water partition coefficient (Wildman–Crippen LogP) is 4.71. The fourth-order valence-corrected chi connectivity index (χ4v) is 4.95. The maximum absolute atomic E-state index is 13.5. The molecule has 0 unspecified atom stereocenters. The number of aromatic nitrogens is 5. The molecule has 0 saturated heterocycles. The van der Waals surface area contributed by atoms with E-state index in [-0.39, 0.29) is 23.3 Å². The topological polar surface area (TPSA) is 111 Å². The molecule has 0 amide bonds. The fourth-order valence-electron chi connectivity index (χ4n) is 4.95. The summed E-state index contributed by atoms with van der Waals surface area (Å²) in [6, 6.07) is 15.2. The van der Waals surface area contributed by atoms with Gasteiger partial charge in [-0.1, -0.05) is 26.0 Å². The van der Waals surface area contributed by atoms with Crippen molar-refractivity contribution in [1.29, 1.82) is 0 Å². The average Bonchev–Trinajstić information content (AvgIpc) is 3.62. The van der Waals surface area contributed by atoms with Crippen molar-refractivity contribution in [2.75, 3.05) is 14.2 Å². The predicted molar refractivity (Wildman–Crippen MR) is 147 cm³/mol. The van der Waals surface area contributed by atoms with Gasteiger partial charge in [0.25, 0.3) is 5.56 Å². The first-order valence-electron chi connectivity index (χ1n) is 12.9. The summed E-state index contributed by atoms with van der Waals surface area (Å²) in [5.41, 5.74) is 1.87. The molecule has 0 fully saturated rings. The molecule has 40 heavy (non-hydrogen) atoms. The van der Waals surface area contributed by atoms with Gasteiger partial charge in [0, 0.05) is 23.6 Å². The van der Waals surface area contributed by atoms with Gasteiger partial charge in [-0.2, -0.15) is 0 Å². The summed E-state index contributed by atoms with van der Waals surface area (Å²) in [6.45, 7) is 5.25. The van der Waals surface area contributed by atoms with Crippen LogP contribution in [0.3, 0.4) is 0 Å². The van der Waals surface area contributed by atoms with Crippen molar-refractivity contribution in [3.63, 3.8) is 0 Å². The van der Waals surface area contributed by atoms with Gasteiger partial charge in [-0.25, -0.2) is 9.07 Å². The van der Waals surface area contributed by atoms with Crippen molar-refractivity contribution >= 4 is 10.9 Å². The second-order valence-electron chi connectivity index (χ2n) is 9.91. The lowest BCUT2D eigenvalue weighted by atomic mass is 10.00. The summed E-state index contributed by atoms with van der Waals surface area (Å²) in [6.07, 6.45) is 1.62. The highest BCUT2D eigenvalue weighted by Gasteiger charge is 2.30. The first kappa shape index (κ1) is 27.1. The Morgan fingerprint density at radius 3 is 2.48 bits per heavy atom. The molecule has 10 nitrogen and oxygen atoms in total. The molecule has 5 aromatic rings. The molecule has 3 aromatic heterocycles. The van der Waals surface area contributed by atoms with Crippen LogP contribution < -0.4 is 15.0 Å². The molecule has 208 valence electrons. The number of ether oxygens (including phenoxy) is 2. The van der Waals surface area contributed by atoms with Gasteiger partial charge in [0.15, 0.2) is 17.3 Å². The number of pyridine rings is 1. The lowest BCUT2D eigenvalue weighted by Gasteiger charge is -2.33. The zero-order valence-corrected chi connectivity index (χ0v) is 22.8. The molecule has 0 spiro atoms. The Kier molecular flexibility index (Phi) is 7.92. The summed E-state index contributed by atoms with van der Waals surface area (Å²) in [4.78, 5) is 18.4. The molecule has 11 heteroatoms. The van der Waals surface area contributed by atoms with E-state index >= 15 is 0 Å². The summed E-state index contributed by atoms with van der Waals surface area (Å²) in [7, 11) is 3.13. The van der Waals surface area contributed by atoms with Gasteiger partial charge < -0.3 is 18.9 Å². The molecular formula is C29H31FN6O4.